The van der Waals surface area contributed by atoms with Crippen molar-refractivity contribution in [3.8, 4) is 22.4 Å². The van der Waals surface area contributed by atoms with E-state index in [1.54, 1.807) is 0 Å². The van der Waals surface area contributed by atoms with E-state index in [-0.39, 0.29) is 0 Å². The summed E-state index contributed by atoms with van der Waals surface area (Å²) in [5.41, 5.74) is 5.08. The first kappa shape index (κ1) is 16.6. The lowest BCUT2D eigenvalue weighted by molar-refractivity contribution is 1.33. The molecule has 0 fully saturated rings. The van der Waals surface area contributed by atoms with Crippen LogP contribution in [-0.4, -0.2) is 25.6 Å². The third-order valence-corrected chi connectivity index (χ3v) is 10.1. The molecule has 0 spiro atoms. The maximum Gasteiger partial charge on any atom is 0.0796 e. The van der Waals surface area contributed by atoms with Gasteiger partial charge in [0.1, 0.15) is 0 Å². The van der Waals surface area contributed by atoms with Crippen molar-refractivity contribution >= 4 is 23.3 Å². The van der Waals surface area contributed by atoms with Gasteiger partial charge in [-0.25, -0.2) is 0 Å². The number of hydrogen-bond acceptors (Lipinski definition) is 1. The molecule has 128 valence electrons. The van der Waals surface area contributed by atoms with Crippen LogP contribution in [0.3, 0.4) is 0 Å². The molecule has 1 aromatic heterocycles. The Hall–Kier alpha value is -1.84. The number of fused-ring (bicyclic) bond motifs is 3. The van der Waals surface area contributed by atoms with Gasteiger partial charge in [0, 0.05) is 21.6 Å². The van der Waals surface area contributed by atoms with Crippen molar-refractivity contribution in [3.63, 3.8) is 0 Å². The predicted octanol–water partition coefficient (Wildman–Crippen LogP) is 5.76. The zero-order valence-corrected chi connectivity index (χ0v) is 17.4. The minimum Gasteiger partial charge on any atom is -0.256 e. The molecule has 1 aliphatic heterocycles. The molecule has 0 unspecified atom stereocenters. The number of pyridine rings is 1. The Kier molecular flexibility index (Phi) is 3.71. The first-order valence-electron chi connectivity index (χ1n) is 8.72. The van der Waals surface area contributed by atoms with Crippen molar-refractivity contribution in [1.29, 1.82) is 0 Å². The van der Waals surface area contributed by atoms with E-state index in [4.69, 9.17) is 4.98 Å². The number of nitrogens with zero attached hydrogens (tertiary/aromatic N) is 1. The number of benzene rings is 2. The highest BCUT2D eigenvalue weighted by molar-refractivity contribution is 8.33. The fourth-order valence-electron chi connectivity index (χ4n) is 3.61. The molecule has 2 aromatic carbocycles. The summed E-state index contributed by atoms with van der Waals surface area (Å²) in [4.78, 5) is 7.78. The number of hydrogen-bond donors (Lipinski definition) is 0. The summed E-state index contributed by atoms with van der Waals surface area (Å²) in [7, 11) is -2.20. The maximum absolute atomic E-state index is 4.77. The molecule has 0 bridgehead atoms. The summed E-state index contributed by atoms with van der Waals surface area (Å²) in [5, 5.41) is 1.41. The van der Waals surface area contributed by atoms with Crippen LogP contribution in [-0.2, 0) is 0 Å². The number of rotatable bonds is 2. The van der Waals surface area contributed by atoms with E-state index in [0.29, 0.717) is 0 Å². The van der Waals surface area contributed by atoms with Gasteiger partial charge >= 0.3 is 0 Å². The summed E-state index contributed by atoms with van der Waals surface area (Å²) >= 11 is 0. The Balaban J connectivity index is 1.81. The minimum absolute atomic E-state index is 0.905. The molecule has 0 saturated heterocycles. The molecule has 25 heavy (non-hydrogen) atoms. The highest BCUT2D eigenvalue weighted by atomic mass is 32.3. The largest absolute Gasteiger partial charge is 0.256 e. The minimum atomic E-state index is -1.30. The standard InChI is InChI=1S/C22H25NSSi/c1-24(2)21-9-7-6-8-18(21)19-14-16(10-13-22(19)24)20-12-11-17(15-23-20)25(3,4)5/h6-15H,1-5H3. The van der Waals surface area contributed by atoms with Gasteiger partial charge in [-0.05, 0) is 53.1 Å². The van der Waals surface area contributed by atoms with Crippen molar-refractivity contribution in [2.24, 2.45) is 0 Å². The second kappa shape index (κ2) is 5.58. The number of aromatic nitrogens is 1. The molecule has 3 heteroatoms. The Labute approximate surface area is 153 Å². The van der Waals surface area contributed by atoms with Gasteiger partial charge < -0.3 is 0 Å². The van der Waals surface area contributed by atoms with Crippen LogP contribution in [0.2, 0.25) is 19.6 Å². The molecule has 1 nitrogen and oxygen atoms in total. The Morgan fingerprint density at radius 3 is 2.20 bits per heavy atom. The van der Waals surface area contributed by atoms with E-state index in [0.717, 1.165) is 5.69 Å². The van der Waals surface area contributed by atoms with E-state index in [1.165, 1.54) is 31.7 Å². The normalized spacial score (nSPS) is 16.2. The van der Waals surface area contributed by atoms with Crippen LogP contribution in [0, 0.1) is 0 Å². The van der Waals surface area contributed by atoms with E-state index >= 15 is 0 Å². The summed E-state index contributed by atoms with van der Waals surface area (Å²) in [6.07, 6.45) is 6.88. The third kappa shape index (κ3) is 2.66. The van der Waals surface area contributed by atoms with Gasteiger partial charge in [0.25, 0.3) is 0 Å². The average Bonchev–Trinajstić information content (AvgIpc) is 2.82. The predicted molar refractivity (Wildman–Crippen MR) is 114 cm³/mol. The monoisotopic (exact) mass is 363 g/mol. The Morgan fingerprint density at radius 2 is 1.52 bits per heavy atom. The van der Waals surface area contributed by atoms with Gasteiger partial charge in [-0.15, -0.1) is 0 Å². The van der Waals surface area contributed by atoms with Crippen LogP contribution in [0.1, 0.15) is 0 Å². The molecule has 0 amide bonds. The fraction of sp³-hybridized carbons (Fsp3) is 0.227. The van der Waals surface area contributed by atoms with Crippen LogP contribution in [0.5, 0.6) is 0 Å². The summed E-state index contributed by atoms with van der Waals surface area (Å²) < 4.78 is 0. The third-order valence-electron chi connectivity index (χ3n) is 5.18. The van der Waals surface area contributed by atoms with Gasteiger partial charge in [0.05, 0.1) is 13.8 Å². The van der Waals surface area contributed by atoms with Crippen molar-refractivity contribution in [1.82, 2.24) is 4.98 Å². The van der Waals surface area contributed by atoms with Gasteiger partial charge in [-0.1, -0.05) is 50.0 Å². The van der Waals surface area contributed by atoms with E-state index in [1.807, 2.05) is 0 Å². The molecule has 2 heterocycles. The van der Waals surface area contributed by atoms with Crippen LogP contribution >= 0.6 is 10.0 Å². The Morgan fingerprint density at radius 1 is 0.800 bits per heavy atom. The zero-order chi connectivity index (χ0) is 17.8. The summed E-state index contributed by atoms with van der Waals surface area (Å²) in [5.74, 6) is 0. The average molecular weight is 364 g/mol. The molecule has 1 aliphatic rings. The molecule has 3 aromatic rings. The molecule has 4 rings (SSSR count). The van der Waals surface area contributed by atoms with Crippen LogP contribution < -0.4 is 5.19 Å². The maximum atomic E-state index is 4.77. The van der Waals surface area contributed by atoms with Crippen molar-refractivity contribution in [3.05, 3.63) is 60.8 Å². The first-order chi connectivity index (χ1) is 11.8. The molecular weight excluding hydrogens is 338 g/mol. The molecule has 0 radical (unpaired) electrons. The highest BCUT2D eigenvalue weighted by Crippen LogP contribution is 2.67. The first-order valence-corrected chi connectivity index (χ1v) is 14.7. The SMILES string of the molecule is C[Si](C)(C)c1ccc(-c2ccc3c(c2)-c2ccccc2S3(C)C)nc1. The van der Waals surface area contributed by atoms with Gasteiger partial charge in [-0.2, -0.15) is 10.0 Å². The van der Waals surface area contributed by atoms with Crippen LogP contribution in [0.15, 0.2) is 70.6 Å². The zero-order valence-electron chi connectivity index (χ0n) is 15.6. The van der Waals surface area contributed by atoms with Gasteiger partial charge in [0.15, 0.2) is 0 Å². The van der Waals surface area contributed by atoms with Crippen molar-refractivity contribution in [2.75, 3.05) is 12.5 Å². The summed E-state index contributed by atoms with van der Waals surface area (Å²) in [6, 6.07) is 20.2. The van der Waals surface area contributed by atoms with E-state index < -0.39 is 18.1 Å². The Bertz CT molecular complexity index is 953. The second-order valence-corrected chi connectivity index (χ2v) is 16.8. The molecular formula is C22H25NSSi. The quantitative estimate of drug-likeness (QED) is 0.528. The van der Waals surface area contributed by atoms with Gasteiger partial charge in [0.2, 0.25) is 0 Å². The lowest BCUT2D eigenvalue weighted by Crippen LogP contribution is -2.37. The molecule has 0 saturated carbocycles. The topological polar surface area (TPSA) is 12.9 Å². The van der Waals surface area contributed by atoms with E-state index in [2.05, 4.69) is 92.9 Å². The van der Waals surface area contributed by atoms with Crippen LogP contribution in [0.25, 0.3) is 22.4 Å². The van der Waals surface area contributed by atoms with Crippen LogP contribution in [0.4, 0.5) is 0 Å². The van der Waals surface area contributed by atoms with Crippen molar-refractivity contribution < 1.29 is 0 Å². The lowest BCUT2D eigenvalue weighted by Gasteiger charge is -2.28. The van der Waals surface area contributed by atoms with Crippen molar-refractivity contribution in [2.45, 2.75) is 29.4 Å². The second-order valence-electron chi connectivity index (χ2n) is 8.22. The lowest BCUT2D eigenvalue weighted by atomic mass is 10.0. The molecule has 0 N–H and O–H groups in total. The van der Waals surface area contributed by atoms with Gasteiger partial charge in [-0.3, -0.25) is 4.98 Å². The highest BCUT2D eigenvalue weighted by Gasteiger charge is 2.31. The summed E-state index contributed by atoms with van der Waals surface area (Å²) in [6.45, 7) is 7.09. The van der Waals surface area contributed by atoms with E-state index in [9.17, 15) is 0 Å². The fourth-order valence-corrected chi connectivity index (χ4v) is 7.15. The smallest absolute Gasteiger partial charge is 0.0796 e. The molecule has 0 aliphatic carbocycles. The molecule has 0 atom stereocenters.